The zero-order valence-corrected chi connectivity index (χ0v) is 30.4. The van der Waals surface area contributed by atoms with E-state index >= 15 is 0 Å². The van der Waals surface area contributed by atoms with Crippen LogP contribution in [-0.4, -0.2) is 12.2 Å². The Morgan fingerprint density at radius 1 is 0.767 bits per heavy atom. The molecule has 1 nitrogen and oxygen atoms in total. The lowest BCUT2D eigenvalue weighted by molar-refractivity contribution is -0.213. The molecule has 1 spiro atoms. The highest BCUT2D eigenvalue weighted by molar-refractivity contribution is 5.03. The van der Waals surface area contributed by atoms with Gasteiger partial charge in [0, 0.05) is 6.42 Å². The van der Waals surface area contributed by atoms with Crippen LogP contribution in [0, 0.1) is 46.3 Å². The first kappa shape index (κ1) is 35.8. The van der Waals surface area contributed by atoms with Gasteiger partial charge in [-0.15, -0.1) is 0 Å². The molecule has 5 rings (SSSR count). The van der Waals surface area contributed by atoms with Crippen LogP contribution < -0.4 is 0 Å². The predicted octanol–water partition coefficient (Wildman–Crippen LogP) is 13.7. The van der Waals surface area contributed by atoms with Crippen molar-refractivity contribution >= 4 is 0 Å². The van der Waals surface area contributed by atoms with E-state index in [1.54, 1.807) is 6.42 Å². The van der Waals surface area contributed by atoms with Crippen LogP contribution in [0.2, 0.25) is 0 Å². The summed E-state index contributed by atoms with van der Waals surface area (Å²) in [6, 6.07) is 0. The van der Waals surface area contributed by atoms with Gasteiger partial charge < -0.3 is 4.74 Å². The molecule has 0 aromatic rings. The van der Waals surface area contributed by atoms with Crippen molar-refractivity contribution in [2.75, 3.05) is 0 Å². The van der Waals surface area contributed by atoms with E-state index < -0.39 is 0 Å². The van der Waals surface area contributed by atoms with Crippen molar-refractivity contribution in [2.24, 2.45) is 46.3 Å². The second-order valence-electron chi connectivity index (χ2n) is 17.7. The maximum Gasteiger partial charge on any atom is 0.0660 e. The summed E-state index contributed by atoms with van der Waals surface area (Å²) in [7, 11) is 0. The van der Waals surface area contributed by atoms with Crippen LogP contribution in [0.3, 0.4) is 0 Å². The molecule has 0 radical (unpaired) electrons. The van der Waals surface area contributed by atoms with Gasteiger partial charge in [-0.05, 0) is 97.7 Å². The van der Waals surface area contributed by atoms with Crippen LogP contribution in [-0.2, 0) is 4.74 Å². The lowest BCUT2D eigenvalue weighted by atomic mass is 9.63. The van der Waals surface area contributed by atoms with E-state index in [0.717, 1.165) is 40.9 Å². The summed E-state index contributed by atoms with van der Waals surface area (Å²) in [5.41, 5.74) is 1.17. The fraction of sp³-hybridized carbons (Fsp3) is 1.00. The van der Waals surface area contributed by atoms with Gasteiger partial charge in [0.1, 0.15) is 0 Å². The lowest BCUT2D eigenvalue weighted by Crippen LogP contribution is -2.53. The third kappa shape index (κ3) is 10.5. The Morgan fingerprint density at radius 2 is 1.49 bits per heavy atom. The van der Waals surface area contributed by atoms with Crippen LogP contribution in [0.25, 0.3) is 0 Å². The van der Waals surface area contributed by atoms with Gasteiger partial charge in [0.15, 0.2) is 0 Å². The minimum atomic E-state index is 0.448. The summed E-state index contributed by atoms with van der Waals surface area (Å²) in [6.45, 7) is 14.9. The number of unbranched alkanes of at least 4 members (excludes halogenated alkanes) is 5. The number of fused-ring (bicyclic) bond motifs is 5. The smallest absolute Gasteiger partial charge is 0.0660 e. The van der Waals surface area contributed by atoms with Gasteiger partial charge >= 0.3 is 0 Å². The van der Waals surface area contributed by atoms with E-state index in [0.29, 0.717) is 17.6 Å². The highest BCUT2D eigenvalue weighted by atomic mass is 16.5. The molecule has 1 heteroatoms. The minimum absolute atomic E-state index is 0.448. The summed E-state index contributed by atoms with van der Waals surface area (Å²) in [6.07, 6.45) is 39.1. The molecule has 3 saturated carbocycles. The van der Waals surface area contributed by atoms with E-state index in [1.165, 1.54) is 161 Å². The van der Waals surface area contributed by atoms with Crippen molar-refractivity contribution in [1.82, 2.24) is 0 Å². The lowest BCUT2D eigenvalue weighted by Gasteiger charge is -2.52. The third-order valence-electron chi connectivity index (χ3n) is 13.9. The molecule has 3 aliphatic carbocycles. The average molecular weight is 599 g/mol. The number of hydrogen-bond donors (Lipinski definition) is 0. The molecule has 2 heterocycles. The SMILES string of the molecule is CCCCCCCCC1C(C)CCCC(CCC(C)C)(CC2CCCCCCC(C)CCC3(CC2)CC3CC)C2CC1O2. The van der Waals surface area contributed by atoms with Crippen LogP contribution >= 0.6 is 0 Å². The molecule has 9 atom stereocenters. The van der Waals surface area contributed by atoms with Gasteiger partial charge in [-0.2, -0.15) is 0 Å². The Labute approximate surface area is 271 Å². The monoisotopic (exact) mass is 599 g/mol. The first-order valence-electron chi connectivity index (χ1n) is 20.5. The highest BCUT2D eigenvalue weighted by Crippen LogP contribution is 2.62. The molecular formula is C42H78O. The van der Waals surface area contributed by atoms with Gasteiger partial charge in [-0.3, -0.25) is 0 Å². The van der Waals surface area contributed by atoms with Crippen LogP contribution in [0.4, 0.5) is 0 Å². The van der Waals surface area contributed by atoms with Gasteiger partial charge in [0.2, 0.25) is 0 Å². The number of rotatable bonds is 13. The number of hydrogen-bond acceptors (Lipinski definition) is 1. The average Bonchev–Trinajstić information content (AvgIpc) is 3.66. The van der Waals surface area contributed by atoms with Gasteiger partial charge in [0.05, 0.1) is 12.2 Å². The maximum absolute atomic E-state index is 7.18. The van der Waals surface area contributed by atoms with Gasteiger partial charge in [-0.1, -0.05) is 151 Å². The maximum atomic E-state index is 7.18. The van der Waals surface area contributed by atoms with E-state index in [2.05, 4.69) is 41.5 Å². The highest BCUT2D eigenvalue weighted by Gasteiger charge is 2.53. The number of ether oxygens (including phenoxy) is 1. The van der Waals surface area contributed by atoms with E-state index in [-0.39, 0.29) is 0 Å². The van der Waals surface area contributed by atoms with Crippen molar-refractivity contribution in [2.45, 2.75) is 221 Å². The summed E-state index contributed by atoms with van der Waals surface area (Å²) >= 11 is 0. The summed E-state index contributed by atoms with van der Waals surface area (Å²) in [5, 5.41) is 0. The fourth-order valence-corrected chi connectivity index (χ4v) is 10.5. The largest absolute Gasteiger partial charge is 0.374 e. The molecule has 0 aromatic heterocycles. The Balaban J connectivity index is 1.44. The fourth-order valence-electron chi connectivity index (χ4n) is 10.5. The van der Waals surface area contributed by atoms with Crippen molar-refractivity contribution in [1.29, 1.82) is 0 Å². The molecule has 5 aliphatic rings. The Hall–Kier alpha value is -0.0400. The minimum Gasteiger partial charge on any atom is -0.374 e. The van der Waals surface area contributed by atoms with Crippen molar-refractivity contribution in [3.05, 3.63) is 0 Å². The van der Waals surface area contributed by atoms with E-state index in [1.807, 2.05) is 0 Å². The molecule has 0 N–H and O–H groups in total. The van der Waals surface area contributed by atoms with Gasteiger partial charge in [0.25, 0.3) is 0 Å². The normalized spacial score (nSPS) is 39.6. The molecule has 2 aliphatic heterocycles. The van der Waals surface area contributed by atoms with E-state index in [9.17, 15) is 0 Å². The van der Waals surface area contributed by atoms with Crippen LogP contribution in [0.15, 0.2) is 0 Å². The molecule has 0 amide bonds. The molecule has 5 fully saturated rings. The predicted molar refractivity (Wildman–Crippen MR) is 189 cm³/mol. The van der Waals surface area contributed by atoms with Crippen LogP contribution in [0.1, 0.15) is 208 Å². The zero-order valence-electron chi connectivity index (χ0n) is 30.4. The second-order valence-corrected chi connectivity index (χ2v) is 17.7. The summed E-state index contributed by atoms with van der Waals surface area (Å²) in [5.74, 6) is 5.38. The molecule has 252 valence electrons. The van der Waals surface area contributed by atoms with Crippen molar-refractivity contribution in [3.63, 3.8) is 0 Å². The topological polar surface area (TPSA) is 9.23 Å². The summed E-state index contributed by atoms with van der Waals surface area (Å²) < 4.78 is 7.18. The Kier molecular flexibility index (Phi) is 14.8. The Morgan fingerprint density at radius 3 is 2.21 bits per heavy atom. The zero-order chi connectivity index (χ0) is 30.7. The van der Waals surface area contributed by atoms with Crippen LogP contribution in [0.5, 0.6) is 0 Å². The van der Waals surface area contributed by atoms with Gasteiger partial charge in [-0.25, -0.2) is 0 Å². The third-order valence-corrected chi connectivity index (χ3v) is 13.9. The second kappa shape index (κ2) is 17.8. The standard InChI is InChI=1S/C42H78O/c1-7-9-10-11-12-17-22-38-35(6)20-18-26-42(27-23-33(3)4,40-30-39(38)43-40)31-36-21-16-14-13-15-19-34(5)24-28-41(29-25-36)32-37(41)8-2/h33-40H,7-32H2,1-6H3. The molecule has 43 heavy (non-hydrogen) atoms. The first-order valence-corrected chi connectivity index (χ1v) is 20.5. The molecule has 2 saturated heterocycles. The first-order chi connectivity index (χ1) is 20.8. The Bertz CT molecular complexity index is 752. The van der Waals surface area contributed by atoms with Crippen molar-refractivity contribution < 1.29 is 4.74 Å². The van der Waals surface area contributed by atoms with E-state index in [4.69, 9.17) is 4.74 Å². The molecule has 2 bridgehead atoms. The quantitative estimate of drug-likeness (QED) is 0.192. The van der Waals surface area contributed by atoms with Crippen molar-refractivity contribution in [3.8, 4) is 0 Å². The molecular weight excluding hydrogens is 520 g/mol. The molecule has 9 unspecified atom stereocenters. The summed E-state index contributed by atoms with van der Waals surface area (Å²) in [4.78, 5) is 0. The molecule has 0 aromatic carbocycles.